The Kier molecular flexibility index (Phi) is 4.44. The topological polar surface area (TPSA) is 38.1 Å². The van der Waals surface area contributed by atoms with Gasteiger partial charge in [0.25, 0.3) is 0 Å². The predicted molar refractivity (Wildman–Crippen MR) is 112 cm³/mol. The number of allylic oxidation sites excluding steroid dienone is 1. The number of fused-ring (bicyclic) bond motifs is 1. The van der Waals surface area contributed by atoms with Crippen LogP contribution in [0.2, 0.25) is 5.02 Å². The third kappa shape index (κ3) is 3.12. The minimum Gasteiger partial charge on any atom is -0.280 e. The highest BCUT2D eigenvalue weighted by Gasteiger charge is 2.22. The summed E-state index contributed by atoms with van der Waals surface area (Å²) in [6.07, 6.45) is 8.99. The molecular weight excluding hydrogens is 373 g/mol. The molecule has 1 aliphatic carbocycles. The number of aromatic nitrogens is 2. The van der Waals surface area contributed by atoms with Gasteiger partial charge in [-0.25, -0.2) is 9.37 Å². The van der Waals surface area contributed by atoms with E-state index in [1.807, 2.05) is 24.4 Å². The maximum absolute atomic E-state index is 14.4. The summed E-state index contributed by atoms with van der Waals surface area (Å²) in [5, 5.41) is 0.488. The van der Waals surface area contributed by atoms with Gasteiger partial charge in [-0.1, -0.05) is 30.5 Å². The molecule has 2 aromatic heterocycles. The minimum absolute atomic E-state index is 0.332. The van der Waals surface area contributed by atoms with Crippen LogP contribution in [0.5, 0.6) is 0 Å². The molecule has 28 heavy (non-hydrogen) atoms. The van der Waals surface area contributed by atoms with Gasteiger partial charge in [0.1, 0.15) is 5.82 Å². The molecule has 0 atom stereocenters. The van der Waals surface area contributed by atoms with Gasteiger partial charge in [0, 0.05) is 22.4 Å². The van der Waals surface area contributed by atoms with Crippen molar-refractivity contribution in [3.05, 3.63) is 76.3 Å². The van der Waals surface area contributed by atoms with Crippen LogP contribution in [0.15, 0.2) is 53.7 Å². The lowest BCUT2D eigenvalue weighted by Gasteiger charge is -2.12. The molecule has 0 unspecified atom stereocenters. The highest BCUT2D eigenvalue weighted by molar-refractivity contribution is 6.35. The van der Waals surface area contributed by atoms with E-state index >= 15 is 0 Å². The molecule has 0 N–H and O–H groups in total. The molecule has 1 fully saturated rings. The van der Waals surface area contributed by atoms with Crippen molar-refractivity contribution in [2.24, 2.45) is 4.99 Å². The number of pyridine rings is 2. The molecule has 5 heteroatoms. The maximum Gasteiger partial charge on any atom is 0.132 e. The summed E-state index contributed by atoms with van der Waals surface area (Å²) in [7, 11) is 0. The molecular formula is C23H19ClFN3. The van der Waals surface area contributed by atoms with E-state index in [0.717, 1.165) is 22.3 Å². The van der Waals surface area contributed by atoms with E-state index in [1.165, 1.54) is 37.3 Å². The lowest BCUT2D eigenvalue weighted by atomic mass is 9.98. The summed E-state index contributed by atoms with van der Waals surface area (Å²) >= 11 is 6.08. The van der Waals surface area contributed by atoms with Crippen LogP contribution in [0.4, 0.5) is 4.39 Å². The average molecular weight is 392 g/mol. The SMILES string of the molecule is Fc1ccc(Cl)cc1C1=NCC=C1c1ccc2ncc(C3CCCC3)cc2n1. The minimum atomic E-state index is -0.332. The third-order valence-electron chi connectivity index (χ3n) is 5.64. The first-order valence-electron chi connectivity index (χ1n) is 9.66. The Bertz CT molecular complexity index is 1130. The zero-order chi connectivity index (χ0) is 19.1. The molecule has 2 aliphatic rings. The summed E-state index contributed by atoms with van der Waals surface area (Å²) in [5.74, 6) is 0.257. The highest BCUT2D eigenvalue weighted by atomic mass is 35.5. The fourth-order valence-electron chi connectivity index (χ4n) is 4.20. The van der Waals surface area contributed by atoms with Crippen LogP contribution in [0, 0.1) is 5.82 Å². The second-order valence-electron chi connectivity index (χ2n) is 7.42. The molecule has 0 amide bonds. The molecule has 0 bridgehead atoms. The Morgan fingerprint density at radius 1 is 1.00 bits per heavy atom. The molecule has 5 rings (SSSR count). The first kappa shape index (κ1) is 17.5. The average Bonchev–Trinajstić information content (AvgIpc) is 3.41. The van der Waals surface area contributed by atoms with Crippen LogP contribution >= 0.6 is 11.6 Å². The number of benzene rings is 1. The molecule has 3 aromatic rings. The smallest absolute Gasteiger partial charge is 0.132 e. The molecule has 3 nitrogen and oxygen atoms in total. The van der Waals surface area contributed by atoms with E-state index in [-0.39, 0.29) is 5.82 Å². The summed E-state index contributed by atoms with van der Waals surface area (Å²) in [5.41, 5.74) is 5.66. The molecule has 140 valence electrons. The normalized spacial score (nSPS) is 17.2. The van der Waals surface area contributed by atoms with Crippen molar-refractivity contribution < 1.29 is 4.39 Å². The van der Waals surface area contributed by atoms with Gasteiger partial charge in [-0.3, -0.25) is 9.98 Å². The Morgan fingerprint density at radius 3 is 2.71 bits per heavy atom. The number of halogens is 2. The standard InChI is InChI=1S/C23H19ClFN3/c24-16-5-6-19(25)18(12-16)23-17(9-10-26-23)20-7-8-21-22(28-20)11-15(13-27-21)14-3-1-2-4-14/h5-9,11-14H,1-4,10H2. The van der Waals surface area contributed by atoms with Crippen molar-refractivity contribution in [2.45, 2.75) is 31.6 Å². The Balaban J connectivity index is 1.54. The van der Waals surface area contributed by atoms with Gasteiger partial charge in [0.15, 0.2) is 0 Å². The molecule has 0 radical (unpaired) electrons. The van der Waals surface area contributed by atoms with Gasteiger partial charge >= 0.3 is 0 Å². The Hall–Kier alpha value is -2.59. The van der Waals surface area contributed by atoms with E-state index in [9.17, 15) is 4.39 Å². The number of rotatable bonds is 3. The van der Waals surface area contributed by atoms with Crippen molar-refractivity contribution in [2.75, 3.05) is 6.54 Å². The Morgan fingerprint density at radius 2 is 1.86 bits per heavy atom. The van der Waals surface area contributed by atoms with E-state index in [2.05, 4.69) is 16.0 Å². The lowest BCUT2D eigenvalue weighted by Crippen LogP contribution is -2.06. The summed E-state index contributed by atoms with van der Waals surface area (Å²) < 4.78 is 14.4. The van der Waals surface area contributed by atoms with Crippen molar-refractivity contribution >= 4 is 33.9 Å². The molecule has 0 spiro atoms. The highest BCUT2D eigenvalue weighted by Crippen LogP contribution is 2.35. The number of hydrogen-bond donors (Lipinski definition) is 0. The summed E-state index contributed by atoms with van der Waals surface area (Å²) in [4.78, 5) is 14.0. The second kappa shape index (κ2) is 7.10. The molecule has 1 saturated carbocycles. The van der Waals surface area contributed by atoms with Crippen LogP contribution in [-0.2, 0) is 0 Å². The maximum atomic E-state index is 14.4. The first-order chi connectivity index (χ1) is 13.7. The van der Waals surface area contributed by atoms with Gasteiger partial charge in [-0.05, 0) is 60.7 Å². The van der Waals surface area contributed by atoms with Crippen molar-refractivity contribution in [1.82, 2.24) is 9.97 Å². The van der Waals surface area contributed by atoms with Crippen LogP contribution in [0.3, 0.4) is 0 Å². The predicted octanol–water partition coefficient (Wildman–Crippen LogP) is 5.97. The largest absolute Gasteiger partial charge is 0.280 e. The molecule has 0 saturated heterocycles. The number of nitrogens with zero attached hydrogens (tertiary/aromatic N) is 3. The van der Waals surface area contributed by atoms with Crippen LogP contribution < -0.4 is 0 Å². The number of aliphatic imine (C=N–C) groups is 1. The quantitative estimate of drug-likeness (QED) is 0.552. The first-order valence-corrected chi connectivity index (χ1v) is 10.0. The zero-order valence-corrected chi connectivity index (χ0v) is 16.1. The van der Waals surface area contributed by atoms with Gasteiger partial charge < -0.3 is 0 Å². The van der Waals surface area contributed by atoms with Crippen molar-refractivity contribution in [1.29, 1.82) is 0 Å². The fourth-order valence-corrected chi connectivity index (χ4v) is 4.37. The van der Waals surface area contributed by atoms with Crippen LogP contribution in [-0.4, -0.2) is 22.2 Å². The molecule has 3 heterocycles. The van der Waals surface area contributed by atoms with Gasteiger partial charge in [0.2, 0.25) is 0 Å². The van der Waals surface area contributed by atoms with Gasteiger partial charge in [0.05, 0.1) is 29.0 Å². The van der Waals surface area contributed by atoms with Crippen molar-refractivity contribution in [3.63, 3.8) is 0 Å². The van der Waals surface area contributed by atoms with E-state index < -0.39 is 0 Å². The summed E-state index contributed by atoms with van der Waals surface area (Å²) in [6.45, 7) is 0.511. The molecule has 1 aromatic carbocycles. The third-order valence-corrected chi connectivity index (χ3v) is 5.88. The van der Waals surface area contributed by atoms with E-state index in [0.29, 0.717) is 28.8 Å². The summed E-state index contributed by atoms with van der Waals surface area (Å²) in [6, 6.07) is 10.6. The molecule has 1 aliphatic heterocycles. The van der Waals surface area contributed by atoms with E-state index in [4.69, 9.17) is 16.6 Å². The van der Waals surface area contributed by atoms with Gasteiger partial charge in [-0.15, -0.1) is 0 Å². The zero-order valence-electron chi connectivity index (χ0n) is 15.3. The lowest BCUT2D eigenvalue weighted by molar-refractivity contribution is 0.625. The second-order valence-corrected chi connectivity index (χ2v) is 7.85. The van der Waals surface area contributed by atoms with Gasteiger partial charge in [-0.2, -0.15) is 0 Å². The Labute approximate surface area is 168 Å². The van der Waals surface area contributed by atoms with E-state index in [1.54, 1.807) is 12.1 Å². The number of hydrogen-bond acceptors (Lipinski definition) is 3. The van der Waals surface area contributed by atoms with Crippen LogP contribution in [0.1, 0.15) is 48.4 Å². The monoisotopic (exact) mass is 391 g/mol. The van der Waals surface area contributed by atoms with Crippen molar-refractivity contribution in [3.8, 4) is 0 Å². The fraction of sp³-hybridized carbons (Fsp3) is 0.261. The van der Waals surface area contributed by atoms with Crippen LogP contribution in [0.25, 0.3) is 16.6 Å².